The van der Waals surface area contributed by atoms with E-state index >= 15 is 0 Å². The molecule has 1 aromatic heterocycles. The molecule has 110 valence electrons. The lowest BCUT2D eigenvalue weighted by atomic mass is 10.1. The van der Waals surface area contributed by atoms with Gasteiger partial charge in [0.15, 0.2) is 0 Å². The van der Waals surface area contributed by atoms with E-state index in [1.54, 1.807) is 6.07 Å². The second kappa shape index (κ2) is 6.08. The first kappa shape index (κ1) is 15.9. The third-order valence-corrected chi connectivity index (χ3v) is 4.72. The van der Waals surface area contributed by atoms with Gasteiger partial charge < -0.3 is 5.32 Å². The Morgan fingerprint density at radius 2 is 2.05 bits per heavy atom. The summed E-state index contributed by atoms with van der Waals surface area (Å²) >= 11 is 4.85. The van der Waals surface area contributed by atoms with Gasteiger partial charge in [0.1, 0.15) is 0 Å². The summed E-state index contributed by atoms with van der Waals surface area (Å²) in [6, 6.07) is 6.98. The van der Waals surface area contributed by atoms with Crippen LogP contribution in [0.1, 0.15) is 29.0 Å². The lowest BCUT2D eigenvalue weighted by Crippen LogP contribution is -2.10. The zero-order valence-corrected chi connectivity index (χ0v) is 13.2. The van der Waals surface area contributed by atoms with Gasteiger partial charge in [-0.3, -0.25) is 0 Å². The Morgan fingerprint density at radius 3 is 2.57 bits per heavy atom. The fourth-order valence-electron chi connectivity index (χ4n) is 1.84. The molecule has 1 aromatic carbocycles. The van der Waals surface area contributed by atoms with E-state index in [2.05, 4.69) is 21.2 Å². The van der Waals surface area contributed by atoms with E-state index in [4.69, 9.17) is 5.26 Å². The maximum absolute atomic E-state index is 12.9. The standard InChI is InChI=1S/C14H10BrF3N2S/c1-8(13-4-10(15)7-21-13)20-11-3-2-9(6-19)12(5-11)14(16,17)18/h2-5,7-8,20H,1H3. The summed E-state index contributed by atoms with van der Waals surface area (Å²) in [6.45, 7) is 1.86. The smallest absolute Gasteiger partial charge is 0.378 e. The van der Waals surface area contributed by atoms with E-state index in [0.29, 0.717) is 5.69 Å². The largest absolute Gasteiger partial charge is 0.417 e. The van der Waals surface area contributed by atoms with Crippen LogP contribution in [0.4, 0.5) is 18.9 Å². The SMILES string of the molecule is CC(Nc1ccc(C#N)c(C(F)(F)F)c1)c1cc(Br)cs1. The summed E-state index contributed by atoms with van der Waals surface area (Å²) < 4.78 is 39.6. The van der Waals surface area contributed by atoms with Gasteiger partial charge in [-0.2, -0.15) is 18.4 Å². The highest BCUT2D eigenvalue weighted by Gasteiger charge is 2.33. The number of nitrogens with zero attached hydrogens (tertiary/aromatic N) is 1. The van der Waals surface area contributed by atoms with Crippen LogP contribution in [0.3, 0.4) is 0 Å². The van der Waals surface area contributed by atoms with Gasteiger partial charge in [-0.1, -0.05) is 0 Å². The van der Waals surface area contributed by atoms with E-state index in [1.807, 2.05) is 18.4 Å². The predicted molar refractivity (Wildman–Crippen MR) is 80.2 cm³/mol. The van der Waals surface area contributed by atoms with Gasteiger partial charge in [0.05, 0.1) is 23.2 Å². The number of nitrogens with one attached hydrogen (secondary N) is 1. The van der Waals surface area contributed by atoms with Crippen molar-refractivity contribution in [2.24, 2.45) is 0 Å². The Hall–Kier alpha value is -1.52. The van der Waals surface area contributed by atoms with Gasteiger partial charge in [-0.25, -0.2) is 0 Å². The molecule has 2 rings (SSSR count). The molecule has 21 heavy (non-hydrogen) atoms. The quantitative estimate of drug-likeness (QED) is 0.761. The monoisotopic (exact) mass is 374 g/mol. The molecule has 0 aliphatic rings. The van der Waals surface area contributed by atoms with Crippen molar-refractivity contribution >= 4 is 33.0 Å². The normalized spacial score (nSPS) is 12.8. The fourth-order valence-corrected chi connectivity index (χ4v) is 3.30. The Bertz CT molecular complexity index is 688. The van der Waals surface area contributed by atoms with E-state index in [-0.39, 0.29) is 11.6 Å². The second-order valence-corrected chi connectivity index (χ2v) is 6.26. The highest BCUT2D eigenvalue weighted by Crippen LogP contribution is 2.35. The Kier molecular flexibility index (Phi) is 4.59. The van der Waals surface area contributed by atoms with Gasteiger partial charge in [-0.15, -0.1) is 11.3 Å². The summed E-state index contributed by atoms with van der Waals surface area (Å²) in [6.07, 6.45) is -4.54. The lowest BCUT2D eigenvalue weighted by molar-refractivity contribution is -0.137. The van der Waals surface area contributed by atoms with Crippen molar-refractivity contribution in [3.05, 3.63) is 50.1 Å². The molecular weight excluding hydrogens is 365 g/mol. The van der Waals surface area contributed by atoms with Crippen molar-refractivity contribution in [2.75, 3.05) is 5.32 Å². The van der Waals surface area contributed by atoms with Crippen LogP contribution in [0.2, 0.25) is 0 Å². The minimum atomic E-state index is -4.54. The molecule has 0 aliphatic carbocycles. The molecule has 2 nitrogen and oxygen atoms in total. The van der Waals surface area contributed by atoms with Crippen molar-refractivity contribution in [2.45, 2.75) is 19.1 Å². The first-order chi connectivity index (χ1) is 9.81. The van der Waals surface area contributed by atoms with Gasteiger partial charge in [-0.05, 0) is 47.1 Å². The maximum Gasteiger partial charge on any atom is 0.417 e. The Labute approximate surface area is 132 Å². The molecular formula is C14H10BrF3N2S. The zero-order valence-electron chi connectivity index (χ0n) is 10.8. The highest BCUT2D eigenvalue weighted by atomic mass is 79.9. The predicted octanol–water partition coefficient (Wildman–Crippen LogP) is 5.57. The number of anilines is 1. The van der Waals surface area contributed by atoms with Crippen LogP contribution in [0.15, 0.2) is 34.1 Å². The van der Waals surface area contributed by atoms with Crippen LogP contribution in [0.5, 0.6) is 0 Å². The molecule has 1 heterocycles. The third kappa shape index (κ3) is 3.77. The number of benzene rings is 1. The van der Waals surface area contributed by atoms with Gasteiger partial charge in [0.25, 0.3) is 0 Å². The van der Waals surface area contributed by atoms with E-state index in [1.165, 1.54) is 23.5 Å². The summed E-state index contributed by atoms with van der Waals surface area (Å²) in [5, 5.41) is 13.7. The number of halogens is 4. The van der Waals surface area contributed by atoms with Crippen molar-refractivity contribution in [3.8, 4) is 6.07 Å². The van der Waals surface area contributed by atoms with Crippen LogP contribution in [0, 0.1) is 11.3 Å². The van der Waals surface area contributed by atoms with Gasteiger partial charge >= 0.3 is 6.18 Å². The van der Waals surface area contributed by atoms with E-state index < -0.39 is 11.7 Å². The minimum absolute atomic E-state index is 0.129. The van der Waals surface area contributed by atoms with Gasteiger partial charge in [0, 0.05) is 20.4 Å². The average Bonchev–Trinajstić information content (AvgIpc) is 2.84. The summed E-state index contributed by atoms with van der Waals surface area (Å²) in [4.78, 5) is 1.000. The first-order valence-corrected chi connectivity index (χ1v) is 7.60. The minimum Gasteiger partial charge on any atom is -0.378 e. The van der Waals surface area contributed by atoms with Crippen molar-refractivity contribution < 1.29 is 13.2 Å². The van der Waals surface area contributed by atoms with E-state index in [0.717, 1.165) is 15.4 Å². The van der Waals surface area contributed by atoms with Crippen molar-refractivity contribution in [3.63, 3.8) is 0 Å². The van der Waals surface area contributed by atoms with Crippen LogP contribution in [0.25, 0.3) is 0 Å². The number of hydrogen-bond acceptors (Lipinski definition) is 3. The lowest BCUT2D eigenvalue weighted by Gasteiger charge is -2.16. The third-order valence-electron chi connectivity index (χ3n) is 2.84. The van der Waals surface area contributed by atoms with Crippen molar-refractivity contribution in [1.29, 1.82) is 5.26 Å². The molecule has 0 amide bonds. The first-order valence-electron chi connectivity index (χ1n) is 5.93. The number of nitriles is 1. The molecule has 1 atom stereocenters. The van der Waals surface area contributed by atoms with Crippen LogP contribution in [-0.4, -0.2) is 0 Å². The molecule has 1 unspecified atom stereocenters. The molecule has 0 radical (unpaired) electrons. The Balaban J connectivity index is 2.27. The molecule has 0 fully saturated rings. The molecule has 0 saturated carbocycles. The van der Waals surface area contributed by atoms with Crippen LogP contribution < -0.4 is 5.32 Å². The number of thiophene rings is 1. The number of rotatable bonds is 3. The zero-order chi connectivity index (χ0) is 15.6. The average molecular weight is 375 g/mol. The molecule has 0 saturated heterocycles. The molecule has 0 aliphatic heterocycles. The van der Waals surface area contributed by atoms with Gasteiger partial charge in [0.2, 0.25) is 0 Å². The van der Waals surface area contributed by atoms with E-state index in [9.17, 15) is 13.2 Å². The molecule has 1 N–H and O–H groups in total. The van der Waals surface area contributed by atoms with Crippen molar-refractivity contribution in [1.82, 2.24) is 0 Å². The maximum atomic E-state index is 12.9. The van der Waals surface area contributed by atoms with Crippen LogP contribution >= 0.6 is 27.3 Å². The second-order valence-electron chi connectivity index (χ2n) is 4.40. The highest BCUT2D eigenvalue weighted by molar-refractivity contribution is 9.10. The summed E-state index contributed by atoms with van der Waals surface area (Å²) in [5.74, 6) is 0. The molecule has 2 aromatic rings. The molecule has 7 heteroatoms. The topological polar surface area (TPSA) is 35.8 Å². The number of alkyl halides is 3. The molecule has 0 bridgehead atoms. The fraction of sp³-hybridized carbons (Fsp3) is 0.214. The van der Waals surface area contributed by atoms with Crippen LogP contribution in [-0.2, 0) is 6.18 Å². The summed E-state index contributed by atoms with van der Waals surface area (Å²) in [7, 11) is 0. The Morgan fingerprint density at radius 1 is 1.33 bits per heavy atom. The summed E-state index contributed by atoms with van der Waals surface area (Å²) in [5.41, 5.74) is -0.965. The molecule has 0 spiro atoms. The number of hydrogen-bond donors (Lipinski definition) is 1.